The standard InChI is InChI=1S/C18H25N5O/c1-4-11-19-18(24)16-12-21-17(13-20-16)22-14-7-9-15(10-8-14)23(5-2)6-3/h7-10,12-13H,4-6,11H2,1-3H3,(H,19,24)(H,21,22). The van der Waals surface area contributed by atoms with Gasteiger partial charge in [0, 0.05) is 31.0 Å². The lowest BCUT2D eigenvalue weighted by atomic mass is 10.2. The van der Waals surface area contributed by atoms with E-state index in [1.165, 1.54) is 11.9 Å². The van der Waals surface area contributed by atoms with Gasteiger partial charge in [0.25, 0.3) is 5.91 Å². The second-order valence-corrected chi connectivity index (χ2v) is 5.39. The molecule has 2 aromatic rings. The van der Waals surface area contributed by atoms with Gasteiger partial charge >= 0.3 is 0 Å². The highest BCUT2D eigenvalue weighted by Crippen LogP contribution is 2.19. The number of rotatable bonds is 8. The summed E-state index contributed by atoms with van der Waals surface area (Å²) in [6, 6.07) is 8.18. The van der Waals surface area contributed by atoms with Crippen molar-refractivity contribution in [1.82, 2.24) is 15.3 Å². The van der Waals surface area contributed by atoms with E-state index in [0.717, 1.165) is 25.2 Å². The van der Waals surface area contributed by atoms with Crippen LogP contribution in [0.25, 0.3) is 0 Å². The van der Waals surface area contributed by atoms with Gasteiger partial charge in [0.2, 0.25) is 0 Å². The predicted octanol–water partition coefficient (Wildman–Crippen LogP) is 3.21. The minimum Gasteiger partial charge on any atom is -0.372 e. The van der Waals surface area contributed by atoms with Crippen molar-refractivity contribution in [2.45, 2.75) is 27.2 Å². The van der Waals surface area contributed by atoms with E-state index in [2.05, 4.69) is 51.5 Å². The van der Waals surface area contributed by atoms with Gasteiger partial charge in [0.05, 0.1) is 12.4 Å². The third kappa shape index (κ3) is 4.68. The molecular formula is C18H25N5O. The Labute approximate surface area is 143 Å². The van der Waals surface area contributed by atoms with Gasteiger partial charge in [-0.3, -0.25) is 4.79 Å². The molecule has 0 aliphatic carbocycles. The molecule has 0 atom stereocenters. The molecule has 0 saturated heterocycles. The topological polar surface area (TPSA) is 70.2 Å². The summed E-state index contributed by atoms with van der Waals surface area (Å²) in [6.07, 6.45) is 3.94. The fraction of sp³-hybridized carbons (Fsp3) is 0.389. The minimum absolute atomic E-state index is 0.195. The Balaban J connectivity index is 1.99. The summed E-state index contributed by atoms with van der Waals surface area (Å²) in [6.45, 7) is 8.89. The number of hydrogen-bond donors (Lipinski definition) is 2. The van der Waals surface area contributed by atoms with Crippen LogP contribution in [-0.4, -0.2) is 35.5 Å². The molecule has 0 unspecified atom stereocenters. The van der Waals surface area contributed by atoms with Gasteiger partial charge in [-0.2, -0.15) is 0 Å². The number of anilines is 3. The van der Waals surface area contributed by atoms with Crippen molar-refractivity contribution in [2.75, 3.05) is 29.9 Å². The van der Waals surface area contributed by atoms with Crippen molar-refractivity contribution in [3.63, 3.8) is 0 Å². The SMILES string of the molecule is CCCNC(=O)c1cnc(Nc2ccc(N(CC)CC)cc2)cn1. The molecule has 1 aromatic carbocycles. The van der Waals surface area contributed by atoms with E-state index >= 15 is 0 Å². The van der Waals surface area contributed by atoms with E-state index in [9.17, 15) is 4.79 Å². The van der Waals surface area contributed by atoms with Gasteiger partial charge < -0.3 is 15.5 Å². The molecule has 24 heavy (non-hydrogen) atoms. The van der Waals surface area contributed by atoms with E-state index in [1.807, 2.05) is 19.1 Å². The van der Waals surface area contributed by atoms with Crippen molar-refractivity contribution in [3.8, 4) is 0 Å². The van der Waals surface area contributed by atoms with Crippen molar-refractivity contribution in [3.05, 3.63) is 42.4 Å². The first kappa shape index (κ1) is 17.7. The Morgan fingerprint density at radius 2 is 1.75 bits per heavy atom. The Morgan fingerprint density at radius 3 is 2.29 bits per heavy atom. The third-order valence-electron chi connectivity index (χ3n) is 3.69. The summed E-state index contributed by atoms with van der Waals surface area (Å²) in [5, 5.41) is 5.97. The number of carbonyl (C=O) groups excluding carboxylic acids is 1. The maximum atomic E-state index is 11.8. The maximum Gasteiger partial charge on any atom is 0.271 e. The summed E-state index contributed by atoms with van der Waals surface area (Å²) in [5.74, 6) is 0.414. The largest absolute Gasteiger partial charge is 0.372 e. The summed E-state index contributed by atoms with van der Waals surface area (Å²) in [5.41, 5.74) is 2.45. The Hall–Kier alpha value is -2.63. The molecule has 6 nitrogen and oxygen atoms in total. The zero-order valence-corrected chi connectivity index (χ0v) is 14.5. The van der Waals surface area contributed by atoms with Crippen LogP contribution in [0.3, 0.4) is 0 Å². The molecular weight excluding hydrogens is 302 g/mol. The second-order valence-electron chi connectivity index (χ2n) is 5.39. The average Bonchev–Trinajstić information content (AvgIpc) is 2.62. The van der Waals surface area contributed by atoms with Crippen molar-refractivity contribution in [1.29, 1.82) is 0 Å². The lowest BCUT2D eigenvalue weighted by Crippen LogP contribution is -2.25. The number of aromatic nitrogens is 2. The maximum absolute atomic E-state index is 11.8. The van der Waals surface area contributed by atoms with Crippen LogP contribution < -0.4 is 15.5 Å². The van der Waals surface area contributed by atoms with Gasteiger partial charge in [0.15, 0.2) is 0 Å². The molecule has 2 rings (SSSR count). The van der Waals surface area contributed by atoms with Crippen molar-refractivity contribution < 1.29 is 4.79 Å². The molecule has 1 amide bonds. The molecule has 0 aliphatic rings. The molecule has 0 aliphatic heterocycles. The fourth-order valence-corrected chi connectivity index (χ4v) is 2.33. The first-order chi connectivity index (χ1) is 11.7. The average molecular weight is 327 g/mol. The van der Waals surface area contributed by atoms with E-state index < -0.39 is 0 Å². The predicted molar refractivity (Wildman–Crippen MR) is 97.9 cm³/mol. The van der Waals surface area contributed by atoms with Crippen LogP contribution in [0.15, 0.2) is 36.7 Å². The highest BCUT2D eigenvalue weighted by molar-refractivity contribution is 5.92. The lowest BCUT2D eigenvalue weighted by Gasteiger charge is -2.21. The minimum atomic E-state index is -0.195. The molecule has 0 radical (unpaired) electrons. The smallest absolute Gasteiger partial charge is 0.271 e. The second kappa shape index (κ2) is 8.86. The van der Waals surface area contributed by atoms with Crippen LogP contribution >= 0.6 is 0 Å². The molecule has 128 valence electrons. The number of carbonyl (C=O) groups is 1. The summed E-state index contributed by atoms with van der Waals surface area (Å²) >= 11 is 0. The molecule has 0 saturated carbocycles. The summed E-state index contributed by atoms with van der Waals surface area (Å²) < 4.78 is 0. The van der Waals surface area contributed by atoms with Crippen LogP contribution in [-0.2, 0) is 0 Å². The number of benzene rings is 1. The van der Waals surface area contributed by atoms with Crippen molar-refractivity contribution in [2.24, 2.45) is 0 Å². The summed E-state index contributed by atoms with van der Waals surface area (Å²) in [7, 11) is 0. The Morgan fingerprint density at radius 1 is 1.04 bits per heavy atom. The highest BCUT2D eigenvalue weighted by atomic mass is 16.1. The van der Waals surface area contributed by atoms with Crippen LogP contribution in [0.4, 0.5) is 17.2 Å². The molecule has 1 heterocycles. The first-order valence-electron chi connectivity index (χ1n) is 8.40. The first-order valence-corrected chi connectivity index (χ1v) is 8.40. The Kier molecular flexibility index (Phi) is 6.54. The molecule has 2 N–H and O–H groups in total. The molecule has 0 spiro atoms. The molecule has 1 aromatic heterocycles. The zero-order chi connectivity index (χ0) is 17.4. The molecule has 0 bridgehead atoms. The number of nitrogens with one attached hydrogen (secondary N) is 2. The highest BCUT2D eigenvalue weighted by Gasteiger charge is 2.07. The van der Waals surface area contributed by atoms with Crippen LogP contribution in [0, 0.1) is 0 Å². The van der Waals surface area contributed by atoms with E-state index in [0.29, 0.717) is 18.1 Å². The van der Waals surface area contributed by atoms with Gasteiger partial charge in [-0.1, -0.05) is 6.92 Å². The lowest BCUT2D eigenvalue weighted by molar-refractivity contribution is 0.0948. The van der Waals surface area contributed by atoms with Crippen molar-refractivity contribution >= 4 is 23.1 Å². The number of nitrogens with zero attached hydrogens (tertiary/aromatic N) is 3. The van der Waals surface area contributed by atoms with Gasteiger partial charge in [-0.05, 0) is 44.5 Å². The normalized spacial score (nSPS) is 10.3. The van der Waals surface area contributed by atoms with E-state index in [-0.39, 0.29) is 5.91 Å². The fourth-order valence-electron chi connectivity index (χ4n) is 2.33. The van der Waals surface area contributed by atoms with E-state index in [1.54, 1.807) is 6.20 Å². The van der Waals surface area contributed by atoms with Gasteiger partial charge in [-0.25, -0.2) is 9.97 Å². The molecule has 6 heteroatoms. The summed E-state index contributed by atoms with van der Waals surface area (Å²) in [4.78, 5) is 22.5. The quantitative estimate of drug-likeness (QED) is 0.779. The number of hydrogen-bond acceptors (Lipinski definition) is 5. The van der Waals surface area contributed by atoms with Gasteiger partial charge in [-0.15, -0.1) is 0 Å². The molecule has 0 fully saturated rings. The van der Waals surface area contributed by atoms with Gasteiger partial charge in [0.1, 0.15) is 11.5 Å². The third-order valence-corrected chi connectivity index (χ3v) is 3.69. The van der Waals surface area contributed by atoms with E-state index in [4.69, 9.17) is 0 Å². The Bertz CT molecular complexity index is 635. The van der Waals surface area contributed by atoms with Crippen LogP contribution in [0.5, 0.6) is 0 Å². The zero-order valence-electron chi connectivity index (χ0n) is 14.5. The number of amides is 1. The monoisotopic (exact) mass is 327 g/mol. The van der Waals surface area contributed by atoms with Crippen LogP contribution in [0.1, 0.15) is 37.7 Å². The van der Waals surface area contributed by atoms with Crippen LogP contribution in [0.2, 0.25) is 0 Å².